The van der Waals surface area contributed by atoms with Crippen molar-refractivity contribution in [2.24, 2.45) is 22.7 Å². The number of piperidine rings is 1. The molecule has 0 bridgehead atoms. The summed E-state index contributed by atoms with van der Waals surface area (Å²) in [4.78, 5) is 5.57. The standard InChI is InChI=1S/C25H50N2/c1-22(2,3)20-11-16-26(17-12-20)24(7,8)14-15-25(9,10)27-18-13-21(19-27)23(4,5)6/h20-21H,11-19H2,1-10H3. The molecule has 0 amide bonds. The van der Waals surface area contributed by atoms with Gasteiger partial charge in [0.1, 0.15) is 0 Å². The number of likely N-dealkylation sites (tertiary alicyclic amines) is 2. The molecule has 0 aromatic carbocycles. The SMILES string of the molecule is CC(C)(C)C1CCN(C(C)(C)CCC(C)(C)N2CCC(C(C)(C)C)C2)CC1. The molecule has 2 aliphatic rings. The predicted octanol–water partition coefficient (Wildman–Crippen LogP) is 6.45. The van der Waals surface area contributed by atoms with Gasteiger partial charge in [0.2, 0.25) is 0 Å². The Kier molecular flexibility index (Phi) is 6.85. The van der Waals surface area contributed by atoms with E-state index in [0.717, 1.165) is 11.8 Å². The first-order chi connectivity index (χ1) is 12.1. The van der Waals surface area contributed by atoms with Crippen molar-refractivity contribution in [3.63, 3.8) is 0 Å². The van der Waals surface area contributed by atoms with Gasteiger partial charge in [0.05, 0.1) is 0 Å². The Hall–Kier alpha value is -0.0800. The molecule has 27 heavy (non-hydrogen) atoms. The van der Waals surface area contributed by atoms with E-state index in [1.165, 1.54) is 58.3 Å². The summed E-state index contributed by atoms with van der Waals surface area (Å²) >= 11 is 0. The van der Waals surface area contributed by atoms with Gasteiger partial charge in [-0.25, -0.2) is 0 Å². The van der Waals surface area contributed by atoms with Gasteiger partial charge in [-0.2, -0.15) is 0 Å². The van der Waals surface area contributed by atoms with Crippen LogP contribution >= 0.6 is 0 Å². The lowest BCUT2D eigenvalue weighted by Gasteiger charge is -2.47. The zero-order chi connectivity index (χ0) is 20.7. The van der Waals surface area contributed by atoms with E-state index in [4.69, 9.17) is 0 Å². The average Bonchev–Trinajstić information content (AvgIpc) is 3.04. The van der Waals surface area contributed by atoms with E-state index in [2.05, 4.69) is 79.0 Å². The lowest BCUT2D eigenvalue weighted by molar-refractivity contribution is 0.0269. The largest absolute Gasteiger partial charge is 0.298 e. The Labute approximate surface area is 171 Å². The van der Waals surface area contributed by atoms with Crippen LogP contribution in [0.4, 0.5) is 0 Å². The zero-order valence-corrected chi connectivity index (χ0v) is 20.4. The van der Waals surface area contributed by atoms with Gasteiger partial charge in [-0.05, 0) is 102 Å². The highest BCUT2D eigenvalue weighted by atomic mass is 15.2. The van der Waals surface area contributed by atoms with Crippen LogP contribution in [0.2, 0.25) is 0 Å². The summed E-state index contributed by atoms with van der Waals surface area (Å²) in [6.07, 6.45) is 6.72. The fraction of sp³-hybridized carbons (Fsp3) is 1.00. The Morgan fingerprint density at radius 3 is 1.33 bits per heavy atom. The van der Waals surface area contributed by atoms with Gasteiger partial charge in [-0.1, -0.05) is 41.5 Å². The number of rotatable bonds is 5. The Morgan fingerprint density at radius 2 is 0.926 bits per heavy atom. The molecule has 2 heterocycles. The first kappa shape index (κ1) is 23.2. The quantitative estimate of drug-likeness (QED) is 0.542. The molecule has 1 unspecified atom stereocenters. The molecular formula is C25H50N2. The van der Waals surface area contributed by atoms with Crippen LogP contribution < -0.4 is 0 Å². The van der Waals surface area contributed by atoms with Gasteiger partial charge in [-0.3, -0.25) is 9.80 Å². The molecule has 2 rings (SSSR count). The second-order valence-corrected chi connectivity index (χ2v) is 13.0. The summed E-state index contributed by atoms with van der Waals surface area (Å²) in [7, 11) is 0. The third kappa shape index (κ3) is 5.95. The van der Waals surface area contributed by atoms with E-state index >= 15 is 0 Å². The monoisotopic (exact) mass is 378 g/mol. The van der Waals surface area contributed by atoms with Crippen LogP contribution in [0.25, 0.3) is 0 Å². The molecule has 0 aromatic heterocycles. The highest BCUT2D eigenvalue weighted by molar-refractivity contribution is 4.95. The molecule has 2 aliphatic heterocycles. The Bertz CT molecular complexity index is 470. The van der Waals surface area contributed by atoms with E-state index < -0.39 is 0 Å². The molecule has 0 spiro atoms. The van der Waals surface area contributed by atoms with E-state index in [9.17, 15) is 0 Å². The van der Waals surface area contributed by atoms with Crippen molar-refractivity contribution in [3.05, 3.63) is 0 Å². The van der Waals surface area contributed by atoms with Crippen molar-refractivity contribution in [1.82, 2.24) is 9.80 Å². The number of hydrogen-bond acceptors (Lipinski definition) is 2. The first-order valence-corrected chi connectivity index (χ1v) is 11.6. The topological polar surface area (TPSA) is 6.48 Å². The van der Waals surface area contributed by atoms with E-state index in [1.807, 2.05) is 0 Å². The second kappa shape index (κ2) is 7.98. The molecule has 0 aliphatic carbocycles. The van der Waals surface area contributed by atoms with Crippen molar-refractivity contribution in [2.75, 3.05) is 26.2 Å². The highest BCUT2D eigenvalue weighted by Crippen LogP contribution is 2.40. The predicted molar refractivity (Wildman–Crippen MR) is 120 cm³/mol. The fourth-order valence-electron chi connectivity index (χ4n) is 5.30. The molecule has 2 nitrogen and oxygen atoms in total. The second-order valence-electron chi connectivity index (χ2n) is 13.0. The van der Waals surface area contributed by atoms with E-state index in [0.29, 0.717) is 21.9 Å². The van der Waals surface area contributed by atoms with E-state index in [-0.39, 0.29) is 0 Å². The Balaban J connectivity index is 1.87. The number of hydrogen-bond donors (Lipinski definition) is 0. The van der Waals surface area contributed by atoms with Gasteiger partial charge in [0.15, 0.2) is 0 Å². The molecule has 2 saturated heterocycles. The van der Waals surface area contributed by atoms with Crippen molar-refractivity contribution in [2.45, 2.75) is 112 Å². The van der Waals surface area contributed by atoms with Crippen LogP contribution in [0.5, 0.6) is 0 Å². The summed E-state index contributed by atoms with van der Waals surface area (Å²) in [6, 6.07) is 0. The van der Waals surface area contributed by atoms with Gasteiger partial charge in [0.25, 0.3) is 0 Å². The molecule has 2 heteroatoms. The fourth-order valence-corrected chi connectivity index (χ4v) is 5.30. The Morgan fingerprint density at radius 1 is 0.556 bits per heavy atom. The molecule has 0 saturated carbocycles. The molecule has 2 fully saturated rings. The van der Waals surface area contributed by atoms with Crippen molar-refractivity contribution in [3.8, 4) is 0 Å². The van der Waals surface area contributed by atoms with Gasteiger partial charge in [-0.15, -0.1) is 0 Å². The van der Waals surface area contributed by atoms with Crippen LogP contribution in [0.15, 0.2) is 0 Å². The minimum Gasteiger partial charge on any atom is -0.298 e. The maximum Gasteiger partial charge on any atom is 0.0154 e. The maximum atomic E-state index is 2.78. The molecule has 1 atom stereocenters. The van der Waals surface area contributed by atoms with Gasteiger partial charge in [0, 0.05) is 17.6 Å². The van der Waals surface area contributed by atoms with Crippen molar-refractivity contribution in [1.29, 1.82) is 0 Å². The minimum absolute atomic E-state index is 0.320. The summed E-state index contributed by atoms with van der Waals surface area (Å²) in [5.74, 6) is 1.74. The highest BCUT2D eigenvalue weighted by Gasteiger charge is 2.40. The minimum atomic E-state index is 0.320. The molecule has 0 N–H and O–H groups in total. The normalized spacial score (nSPS) is 25.3. The first-order valence-electron chi connectivity index (χ1n) is 11.6. The zero-order valence-electron chi connectivity index (χ0n) is 20.4. The van der Waals surface area contributed by atoms with Crippen molar-refractivity contribution >= 4 is 0 Å². The molecule has 0 radical (unpaired) electrons. The number of nitrogens with zero attached hydrogens (tertiary/aromatic N) is 2. The maximum absolute atomic E-state index is 2.78. The average molecular weight is 379 g/mol. The lowest BCUT2D eigenvalue weighted by atomic mass is 9.74. The van der Waals surface area contributed by atoms with Crippen LogP contribution in [0.1, 0.15) is 101 Å². The molecule has 160 valence electrons. The van der Waals surface area contributed by atoms with Crippen LogP contribution in [0, 0.1) is 22.7 Å². The third-order valence-corrected chi connectivity index (χ3v) is 8.19. The van der Waals surface area contributed by atoms with Crippen LogP contribution in [-0.2, 0) is 0 Å². The van der Waals surface area contributed by atoms with E-state index in [1.54, 1.807) is 0 Å². The third-order valence-electron chi connectivity index (χ3n) is 8.19. The molecule has 0 aromatic rings. The van der Waals surface area contributed by atoms with Gasteiger partial charge < -0.3 is 0 Å². The van der Waals surface area contributed by atoms with Crippen LogP contribution in [-0.4, -0.2) is 47.1 Å². The molecular weight excluding hydrogens is 328 g/mol. The lowest BCUT2D eigenvalue weighted by Crippen LogP contribution is -2.51. The van der Waals surface area contributed by atoms with Gasteiger partial charge >= 0.3 is 0 Å². The summed E-state index contributed by atoms with van der Waals surface area (Å²) in [6.45, 7) is 29.6. The smallest absolute Gasteiger partial charge is 0.0154 e. The van der Waals surface area contributed by atoms with Crippen molar-refractivity contribution < 1.29 is 0 Å². The summed E-state index contributed by atoms with van der Waals surface area (Å²) in [5, 5.41) is 0. The summed E-state index contributed by atoms with van der Waals surface area (Å²) < 4.78 is 0. The summed E-state index contributed by atoms with van der Waals surface area (Å²) in [5.41, 5.74) is 1.56. The van der Waals surface area contributed by atoms with Crippen LogP contribution in [0.3, 0.4) is 0 Å².